The highest BCUT2D eigenvalue weighted by Gasteiger charge is 2.29. The van der Waals surface area contributed by atoms with Gasteiger partial charge in [0.15, 0.2) is 11.9 Å². The lowest BCUT2D eigenvalue weighted by molar-refractivity contribution is -0.123. The summed E-state index contributed by atoms with van der Waals surface area (Å²) >= 11 is 0. The Balaban J connectivity index is 1.42. The Labute approximate surface area is 154 Å². The molecule has 8 heteroatoms. The summed E-state index contributed by atoms with van der Waals surface area (Å²) < 4.78 is 11.0. The normalized spacial score (nSPS) is 15.6. The van der Waals surface area contributed by atoms with Crippen LogP contribution in [0.15, 0.2) is 53.1 Å². The fourth-order valence-electron chi connectivity index (χ4n) is 2.80. The molecular formula is C19H16N4O4. The highest BCUT2D eigenvalue weighted by atomic mass is 16.5. The van der Waals surface area contributed by atoms with E-state index in [0.717, 1.165) is 5.56 Å². The predicted octanol–water partition coefficient (Wildman–Crippen LogP) is 1.70. The summed E-state index contributed by atoms with van der Waals surface area (Å²) in [5.41, 5.74) is 7.22. The summed E-state index contributed by atoms with van der Waals surface area (Å²) in [6.45, 7) is 0. The van der Waals surface area contributed by atoms with Crippen molar-refractivity contribution in [1.82, 2.24) is 10.1 Å². The molecule has 0 fully saturated rings. The number of nitrogens with two attached hydrogens (primary N) is 1. The molecule has 3 aromatic rings. The zero-order valence-corrected chi connectivity index (χ0v) is 14.2. The van der Waals surface area contributed by atoms with E-state index in [9.17, 15) is 9.59 Å². The summed E-state index contributed by atoms with van der Waals surface area (Å²) in [5, 5.41) is 6.74. The van der Waals surface area contributed by atoms with Crippen molar-refractivity contribution in [3.63, 3.8) is 0 Å². The maximum Gasteiger partial charge on any atom is 0.266 e. The lowest BCUT2D eigenvalue weighted by Crippen LogP contribution is -2.38. The molecule has 1 aromatic heterocycles. The van der Waals surface area contributed by atoms with E-state index >= 15 is 0 Å². The van der Waals surface area contributed by atoms with Crippen molar-refractivity contribution in [1.29, 1.82) is 0 Å². The van der Waals surface area contributed by atoms with Gasteiger partial charge in [-0.05, 0) is 29.8 Å². The van der Waals surface area contributed by atoms with Crippen LogP contribution in [0.2, 0.25) is 0 Å². The highest BCUT2D eigenvalue weighted by Crippen LogP contribution is 2.29. The number of anilines is 1. The molecule has 27 heavy (non-hydrogen) atoms. The number of fused-ring (bicyclic) bond motifs is 1. The third-order valence-electron chi connectivity index (χ3n) is 4.18. The predicted molar refractivity (Wildman–Crippen MR) is 95.3 cm³/mol. The van der Waals surface area contributed by atoms with E-state index in [1.165, 1.54) is 0 Å². The average Bonchev–Trinajstić information content (AvgIpc) is 3.09. The summed E-state index contributed by atoms with van der Waals surface area (Å²) in [6.07, 6.45) is -0.125. The zero-order chi connectivity index (χ0) is 18.8. The van der Waals surface area contributed by atoms with Crippen LogP contribution >= 0.6 is 0 Å². The lowest BCUT2D eigenvalue weighted by Gasteiger charge is -2.24. The second-order valence-electron chi connectivity index (χ2n) is 6.14. The molecule has 2 amide bonds. The summed E-state index contributed by atoms with van der Waals surface area (Å²) in [4.78, 5) is 27.6. The minimum Gasteiger partial charge on any atom is -0.478 e. The quantitative estimate of drug-likeness (QED) is 0.711. The van der Waals surface area contributed by atoms with Gasteiger partial charge in [-0.3, -0.25) is 9.59 Å². The van der Waals surface area contributed by atoms with E-state index in [1.54, 1.807) is 36.4 Å². The Morgan fingerprint density at radius 2 is 1.93 bits per heavy atom. The number of nitrogens with zero attached hydrogens (tertiary/aromatic N) is 2. The van der Waals surface area contributed by atoms with E-state index in [2.05, 4.69) is 15.5 Å². The number of amides is 2. The number of ether oxygens (including phenoxy) is 1. The van der Waals surface area contributed by atoms with Gasteiger partial charge in [-0.25, -0.2) is 0 Å². The van der Waals surface area contributed by atoms with Crippen LogP contribution < -0.4 is 15.8 Å². The number of hydrogen-bond donors (Lipinski definition) is 2. The molecule has 0 saturated carbocycles. The Morgan fingerprint density at radius 3 is 2.70 bits per heavy atom. The topological polar surface area (TPSA) is 120 Å². The second-order valence-corrected chi connectivity index (χ2v) is 6.14. The van der Waals surface area contributed by atoms with Gasteiger partial charge in [-0.15, -0.1) is 0 Å². The fourth-order valence-corrected chi connectivity index (χ4v) is 2.80. The minimum atomic E-state index is -0.733. The number of aromatic nitrogens is 2. The summed E-state index contributed by atoms with van der Waals surface area (Å²) in [7, 11) is 0. The number of hydrogen-bond acceptors (Lipinski definition) is 6. The Hall–Kier alpha value is -3.68. The molecule has 1 aliphatic rings. The SMILES string of the molecule is NC(=O)c1ccc(Cc2noc(CC3Oc4ccccc4NC3=O)n2)cc1. The van der Waals surface area contributed by atoms with Crippen molar-refractivity contribution in [3.8, 4) is 5.75 Å². The largest absolute Gasteiger partial charge is 0.478 e. The van der Waals surface area contributed by atoms with Gasteiger partial charge in [0.2, 0.25) is 11.8 Å². The number of rotatable bonds is 5. The van der Waals surface area contributed by atoms with Crippen molar-refractivity contribution in [2.75, 3.05) is 5.32 Å². The van der Waals surface area contributed by atoms with E-state index in [0.29, 0.717) is 35.1 Å². The monoisotopic (exact) mass is 364 g/mol. The van der Waals surface area contributed by atoms with Crippen LogP contribution in [0.3, 0.4) is 0 Å². The molecule has 0 spiro atoms. The van der Waals surface area contributed by atoms with E-state index in [-0.39, 0.29) is 12.3 Å². The standard InChI is InChI=1S/C19H16N4O4/c20-18(24)12-7-5-11(6-8-12)9-16-22-17(27-23-16)10-15-19(25)21-13-3-1-2-4-14(13)26-15/h1-8,15H,9-10H2,(H2,20,24)(H,21,25). The van der Waals surface area contributed by atoms with Gasteiger partial charge in [0.1, 0.15) is 5.75 Å². The van der Waals surface area contributed by atoms with Crippen LogP contribution in [0.5, 0.6) is 5.75 Å². The average molecular weight is 364 g/mol. The van der Waals surface area contributed by atoms with E-state index < -0.39 is 12.0 Å². The van der Waals surface area contributed by atoms with Crippen LogP contribution in [-0.2, 0) is 17.6 Å². The molecule has 0 aliphatic carbocycles. The maximum atomic E-state index is 12.2. The third-order valence-corrected chi connectivity index (χ3v) is 4.18. The molecule has 8 nitrogen and oxygen atoms in total. The summed E-state index contributed by atoms with van der Waals surface area (Å²) in [6, 6.07) is 14.1. The highest BCUT2D eigenvalue weighted by molar-refractivity contribution is 5.97. The second kappa shape index (κ2) is 6.91. The van der Waals surface area contributed by atoms with Crippen LogP contribution in [-0.4, -0.2) is 28.1 Å². The number of primary amides is 1. The molecule has 136 valence electrons. The van der Waals surface area contributed by atoms with Crippen LogP contribution in [0.25, 0.3) is 0 Å². The first-order valence-corrected chi connectivity index (χ1v) is 8.35. The van der Waals surface area contributed by atoms with Crippen molar-refractivity contribution in [2.45, 2.75) is 18.9 Å². The molecule has 1 unspecified atom stereocenters. The Bertz CT molecular complexity index is 997. The molecule has 0 radical (unpaired) electrons. The van der Waals surface area contributed by atoms with Crippen molar-refractivity contribution in [3.05, 3.63) is 71.4 Å². The van der Waals surface area contributed by atoms with Gasteiger partial charge >= 0.3 is 0 Å². The molecule has 4 rings (SSSR count). The van der Waals surface area contributed by atoms with Crippen molar-refractivity contribution in [2.24, 2.45) is 5.73 Å². The molecule has 1 aliphatic heterocycles. The molecular weight excluding hydrogens is 348 g/mol. The summed E-state index contributed by atoms with van der Waals surface area (Å²) in [5.74, 6) is 0.675. The molecule has 1 atom stereocenters. The molecule has 2 aromatic carbocycles. The van der Waals surface area contributed by atoms with Crippen LogP contribution in [0.1, 0.15) is 27.6 Å². The van der Waals surface area contributed by atoms with Gasteiger partial charge in [0.05, 0.1) is 12.1 Å². The first-order chi connectivity index (χ1) is 13.1. The van der Waals surface area contributed by atoms with Gasteiger partial charge in [-0.1, -0.05) is 29.4 Å². The van der Waals surface area contributed by atoms with Crippen molar-refractivity contribution >= 4 is 17.5 Å². The maximum absolute atomic E-state index is 12.2. The van der Waals surface area contributed by atoms with Gasteiger partial charge < -0.3 is 20.3 Å². The molecule has 2 heterocycles. The Kier molecular flexibility index (Phi) is 4.29. The van der Waals surface area contributed by atoms with Crippen LogP contribution in [0.4, 0.5) is 5.69 Å². The first kappa shape index (κ1) is 16.8. The lowest BCUT2D eigenvalue weighted by atomic mass is 10.1. The van der Waals surface area contributed by atoms with Gasteiger partial charge in [0.25, 0.3) is 5.91 Å². The fraction of sp³-hybridized carbons (Fsp3) is 0.158. The first-order valence-electron chi connectivity index (χ1n) is 8.35. The number of nitrogens with one attached hydrogen (secondary N) is 1. The van der Waals surface area contributed by atoms with E-state index in [4.69, 9.17) is 15.0 Å². The van der Waals surface area contributed by atoms with Crippen LogP contribution in [0, 0.1) is 0 Å². The van der Waals surface area contributed by atoms with Gasteiger partial charge in [-0.2, -0.15) is 4.98 Å². The van der Waals surface area contributed by atoms with E-state index in [1.807, 2.05) is 12.1 Å². The minimum absolute atomic E-state index is 0.174. The molecule has 0 bridgehead atoms. The molecule has 0 saturated heterocycles. The Morgan fingerprint density at radius 1 is 1.15 bits per heavy atom. The number of carbonyl (C=O) groups excluding carboxylic acids is 2. The third kappa shape index (κ3) is 3.64. The van der Waals surface area contributed by atoms with Crippen molar-refractivity contribution < 1.29 is 18.8 Å². The molecule has 3 N–H and O–H groups in total. The number of carbonyl (C=O) groups is 2. The number of para-hydroxylation sites is 2. The zero-order valence-electron chi connectivity index (χ0n) is 14.2. The number of benzene rings is 2. The van der Waals surface area contributed by atoms with Gasteiger partial charge in [0, 0.05) is 12.0 Å². The smallest absolute Gasteiger partial charge is 0.266 e.